The molecule has 0 aliphatic carbocycles. The number of nitrogens with zero attached hydrogens (tertiary/aromatic N) is 5. The van der Waals surface area contributed by atoms with Gasteiger partial charge in [-0.2, -0.15) is 0 Å². The molecule has 1 N–H and O–H groups in total. The lowest BCUT2D eigenvalue weighted by Gasteiger charge is -2.29. The van der Waals surface area contributed by atoms with Gasteiger partial charge >= 0.3 is 0 Å². The van der Waals surface area contributed by atoms with E-state index in [0.29, 0.717) is 5.92 Å². The van der Waals surface area contributed by atoms with Crippen molar-refractivity contribution in [1.82, 2.24) is 24.5 Å². The zero-order chi connectivity index (χ0) is 12.4. The van der Waals surface area contributed by atoms with Crippen LogP contribution in [0.2, 0.25) is 0 Å². The molecule has 1 fully saturated rings. The molecule has 1 saturated heterocycles. The van der Waals surface area contributed by atoms with Crippen molar-refractivity contribution in [3.63, 3.8) is 0 Å². The van der Waals surface area contributed by atoms with Crippen molar-refractivity contribution >= 4 is 11.5 Å². The Morgan fingerprint density at radius 1 is 1.50 bits per heavy atom. The molecule has 1 aliphatic heterocycles. The van der Waals surface area contributed by atoms with Crippen LogP contribution >= 0.6 is 0 Å². The molecular weight excluding hydrogens is 228 g/mol. The zero-order valence-electron chi connectivity index (χ0n) is 10.6. The minimum absolute atomic E-state index is 0.689. The summed E-state index contributed by atoms with van der Waals surface area (Å²) in [5.41, 5.74) is 0.793. The Hall–Kier alpha value is -1.69. The molecular formula is C12H18N6. The molecule has 0 radical (unpaired) electrons. The van der Waals surface area contributed by atoms with Crippen LogP contribution in [0, 0.1) is 5.92 Å². The van der Waals surface area contributed by atoms with E-state index >= 15 is 0 Å². The molecule has 0 saturated carbocycles. The molecule has 0 aromatic carbocycles. The first-order valence-corrected chi connectivity index (χ1v) is 6.39. The van der Waals surface area contributed by atoms with E-state index in [1.807, 2.05) is 10.6 Å². The van der Waals surface area contributed by atoms with Crippen molar-refractivity contribution in [2.45, 2.75) is 12.8 Å². The van der Waals surface area contributed by atoms with Gasteiger partial charge in [-0.05, 0) is 32.4 Å². The number of hydrogen-bond donors (Lipinski definition) is 1. The molecule has 18 heavy (non-hydrogen) atoms. The summed E-state index contributed by atoms with van der Waals surface area (Å²) in [6, 6.07) is 0. The van der Waals surface area contributed by atoms with Crippen LogP contribution in [-0.4, -0.2) is 51.2 Å². The summed E-state index contributed by atoms with van der Waals surface area (Å²) in [7, 11) is 2.18. The molecule has 0 spiro atoms. The van der Waals surface area contributed by atoms with E-state index in [0.717, 1.165) is 24.6 Å². The van der Waals surface area contributed by atoms with Gasteiger partial charge in [0.05, 0.1) is 0 Å². The lowest BCUT2D eigenvalue weighted by atomic mass is 9.98. The molecule has 6 heteroatoms. The van der Waals surface area contributed by atoms with Gasteiger partial charge in [0.25, 0.3) is 0 Å². The Labute approximate surface area is 106 Å². The van der Waals surface area contributed by atoms with Crippen molar-refractivity contribution in [2.24, 2.45) is 5.92 Å². The summed E-state index contributed by atoms with van der Waals surface area (Å²) in [5, 5.41) is 11.4. The second-order valence-electron chi connectivity index (χ2n) is 4.99. The monoisotopic (exact) mass is 246 g/mol. The fraction of sp³-hybridized carbons (Fsp3) is 0.583. The van der Waals surface area contributed by atoms with Gasteiger partial charge in [-0.15, -0.1) is 10.2 Å². The fourth-order valence-electron chi connectivity index (χ4n) is 2.56. The highest BCUT2D eigenvalue weighted by molar-refractivity contribution is 5.61. The first kappa shape index (κ1) is 11.4. The smallest absolute Gasteiger partial charge is 0.203 e. The Morgan fingerprint density at radius 2 is 2.44 bits per heavy atom. The molecule has 0 bridgehead atoms. The number of aromatic nitrogens is 4. The second kappa shape index (κ2) is 4.89. The van der Waals surface area contributed by atoms with Crippen LogP contribution in [0.1, 0.15) is 12.8 Å². The topological polar surface area (TPSA) is 58.4 Å². The summed E-state index contributed by atoms with van der Waals surface area (Å²) in [6.07, 6.45) is 7.88. The molecule has 6 nitrogen and oxygen atoms in total. The van der Waals surface area contributed by atoms with Gasteiger partial charge in [0.1, 0.15) is 6.33 Å². The average molecular weight is 246 g/mol. The summed E-state index contributed by atoms with van der Waals surface area (Å²) in [5.74, 6) is 1.51. The van der Waals surface area contributed by atoms with Crippen molar-refractivity contribution < 1.29 is 0 Å². The van der Waals surface area contributed by atoms with E-state index in [2.05, 4.69) is 32.4 Å². The van der Waals surface area contributed by atoms with Crippen LogP contribution in [0.15, 0.2) is 18.7 Å². The highest BCUT2D eigenvalue weighted by Gasteiger charge is 2.17. The standard InChI is InChI=1S/C12H18N6/c1-17-5-2-3-10(8-17)7-14-11-12-16-15-9-18(12)6-4-13-11/h4,6,9-10H,2-3,5,7-8H2,1H3,(H,13,14). The molecule has 96 valence electrons. The number of fused-ring (bicyclic) bond motifs is 1. The summed E-state index contributed by atoms with van der Waals surface area (Å²) in [4.78, 5) is 6.72. The van der Waals surface area contributed by atoms with Gasteiger partial charge in [-0.3, -0.25) is 4.40 Å². The second-order valence-corrected chi connectivity index (χ2v) is 4.99. The molecule has 3 rings (SSSR count). The van der Waals surface area contributed by atoms with E-state index in [9.17, 15) is 0 Å². The summed E-state index contributed by atoms with van der Waals surface area (Å²) >= 11 is 0. The first-order valence-electron chi connectivity index (χ1n) is 6.39. The normalized spacial score (nSPS) is 21.3. The highest BCUT2D eigenvalue weighted by Crippen LogP contribution is 2.17. The highest BCUT2D eigenvalue weighted by atomic mass is 15.2. The first-order chi connectivity index (χ1) is 8.83. The van der Waals surface area contributed by atoms with Crippen LogP contribution in [0.5, 0.6) is 0 Å². The number of likely N-dealkylation sites (tertiary alicyclic amines) is 1. The number of rotatable bonds is 3. The Kier molecular flexibility index (Phi) is 3.10. The number of anilines is 1. The van der Waals surface area contributed by atoms with Crippen LogP contribution in [0.3, 0.4) is 0 Å². The maximum absolute atomic E-state index is 4.33. The van der Waals surface area contributed by atoms with Gasteiger partial charge in [0.15, 0.2) is 5.82 Å². The number of nitrogens with one attached hydrogen (secondary N) is 1. The van der Waals surface area contributed by atoms with Crippen LogP contribution in [-0.2, 0) is 0 Å². The minimum atomic E-state index is 0.689. The van der Waals surface area contributed by atoms with E-state index in [4.69, 9.17) is 0 Å². The lowest BCUT2D eigenvalue weighted by molar-refractivity contribution is 0.217. The van der Waals surface area contributed by atoms with Gasteiger partial charge in [0.2, 0.25) is 5.65 Å². The molecule has 2 aromatic rings. The van der Waals surface area contributed by atoms with E-state index in [1.54, 1.807) is 12.5 Å². The predicted octanol–water partition coefficient (Wildman–Crippen LogP) is 0.878. The van der Waals surface area contributed by atoms with Crippen LogP contribution < -0.4 is 5.32 Å². The third-order valence-corrected chi connectivity index (χ3v) is 3.50. The fourth-order valence-corrected chi connectivity index (χ4v) is 2.56. The third-order valence-electron chi connectivity index (χ3n) is 3.50. The number of hydrogen-bond acceptors (Lipinski definition) is 5. The molecule has 0 amide bonds. The van der Waals surface area contributed by atoms with Crippen molar-refractivity contribution in [2.75, 3.05) is 32.0 Å². The molecule has 1 atom stereocenters. The Bertz CT molecular complexity index is 522. The van der Waals surface area contributed by atoms with Gasteiger partial charge in [-0.25, -0.2) is 4.98 Å². The molecule has 1 aliphatic rings. The predicted molar refractivity (Wildman–Crippen MR) is 69.5 cm³/mol. The maximum Gasteiger partial charge on any atom is 0.203 e. The van der Waals surface area contributed by atoms with E-state index in [1.165, 1.54) is 19.4 Å². The Balaban J connectivity index is 1.67. The quantitative estimate of drug-likeness (QED) is 0.871. The Morgan fingerprint density at radius 3 is 3.33 bits per heavy atom. The van der Waals surface area contributed by atoms with Crippen molar-refractivity contribution in [3.05, 3.63) is 18.7 Å². The van der Waals surface area contributed by atoms with E-state index in [-0.39, 0.29) is 0 Å². The van der Waals surface area contributed by atoms with Crippen LogP contribution in [0.25, 0.3) is 5.65 Å². The lowest BCUT2D eigenvalue weighted by Crippen LogP contribution is -2.35. The maximum atomic E-state index is 4.33. The van der Waals surface area contributed by atoms with Gasteiger partial charge in [-0.1, -0.05) is 0 Å². The molecule has 1 unspecified atom stereocenters. The zero-order valence-corrected chi connectivity index (χ0v) is 10.6. The number of piperidine rings is 1. The summed E-state index contributed by atoms with van der Waals surface area (Å²) in [6.45, 7) is 3.32. The molecule has 3 heterocycles. The average Bonchev–Trinajstić information content (AvgIpc) is 2.85. The van der Waals surface area contributed by atoms with Gasteiger partial charge in [0, 0.05) is 25.5 Å². The largest absolute Gasteiger partial charge is 0.367 e. The SMILES string of the molecule is CN1CCCC(CNc2nccn3cnnc23)C1. The van der Waals surface area contributed by atoms with Crippen LogP contribution in [0.4, 0.5) is 5.82 Å². The minimum Gasteiger partial charge on any atom is -0.367 e. The third kappa shape index (κ3) is 2.28. The molecule has 2 aromatic heterocycles. The summed E-state index contributed by atoms with van der Waals surface area (Å²) < 4.78 is 1.88. The van der Waals surface area contributed by atoms with Crippen molar-refractivity contribution in [1.29, 1.82) is 0 Å². The van der Waals surface area contributed by atoms with E-state index < -0.39 is 0 Å². The van der Waals surface area contributed by atoms with Crippen molar-refractivity contribution in [3.8, 4) is 0 Å². The van der Waals surface area contributed by atoms with Gasteiger partial charge < -0.3 is 10.2 Å².